The van der Waals surface area contributed by atoms with Gasteiger partial charge in [-0.15, -0.1) is 12.4 Å². The van der Waals surface area contributed by atoms with Gasteiger partial charge in [-0.25, -0.2) is 4.98 Å². The Balaban J connectivity index is 0.00000133. The Labute approximate surface area is 120 Å². The number of benzene rings is 1. The number of aryl methyl sites for hydroxylation is 2. The molecule has 0 unspecified atom stereocenters. The predicted molar refractivity (Wildman–Crippen MR) is 83.5 cm³/mol. The normalized spacial score (nSPS) is 15.4. The molecule has 0 saturated carbocycles. The summed E-state index contributed by atoms with van der Waals surface area (Å²) in [6.07, 6.45) is 2.01. The van der Waals surface area contributed by atoms with Crippen molar-refractivity contribution in [3.63, 3.8) is 0 Å². The highest BCUT2D eigenvalue weighted by Gasteiger charge is 2.12. The summed E-state index contributed by atoms with van der Waals surface area (Å²) < 4.78 is 0. The monoisotopic (exact) mass is 277 g/mol. The number of nitrogens with one attached hydrogen (secondary N) is 1. The number of piperazine rings is 1. The Bertz CT molecular complexity index is 577. The molecule has 1 aromatic heterocycles. The summed E-state index contributed by atoms with van der Waals surface area (Å²) in [7, 11) is 0. The first-order valence-electron chi connectivity index (χ1n) is 6.57. The number of nitrogens with zero attached hydrogens (tertiary/aromatic N) is 2. The molecule has 102 valence electrons. The van der Waals surface area contributed by atoms with Crippen LogP contribution in [0.5, 0.6) is 0 Å². The Morgan fingerprint density at radius 3 is 2.58 bits per heavy atom. The number of fused-ring (bicyclic) bond motifs is 1. The standard InChI is InChI=1S/C15H19N3.ClH/c1-11-7-12(2)14-9-15(17-10-13(14)8-11)18-5-3-16-4-6-18;/h7-10,16H,3-6H2,1-2H3;1H. The van der Waals surface area contributed by atoms with Crippen molar-refractivity contribution < 1.29 is 0 Å². The van der Waals surface area contributed by atoms with Crippen molar-refractivity contribution in [1.29, 1.82) is 0 Å². The van der Waals surface area contributed by atoms with Crippen LogP contribution in [0.25, 0.3) is 10.8 Å². The number of anilines is 1. The zero-order valence-electron chi connectivity index (χ0n) is 11.4. The molecular weight excluding hydrogens is 258 g/mol. The molecule has 0 atom stereocenters. The minimum Gasteiger partial charge on any atom is -0.354 e. The molecule has 0 amide bonds. The summed E-state index contributed by atoms with van der Waals surface area (Å²) in [5.74, 6) is 1.11. The van der Waals surface area contributed by atoms with E-state index in [1.165, 1.54) is 21.9 Å². The molecular formula is C15H20ClN3. The van der Waals surface area contributed by atoms with Crippen molar-refractivity contribution in [3.8, 4) is 0 Å². The van der Waals surface area contributed by atoms with E-state index in [0.717, 1.165) is 32.0 Å². The van der Waals surface area contributed by atoms with Crippen molar-refractivity contribution in [1.82, 2.24) is 10.3 Å². The SMILES string of the molecule is Cc1cc(C)c2cc(N3CCNCC3)ncc2c1.Cl. The number of pyridine rings is 1. The number of hydrogen-bond donors (Lipinski definition) is 1. The Kier molecular flexibility index (Phi) is 4.27. The molecule has 1 aliphatic rings. The van der Waals surface area contributed by atoms with Gasteiger partial charge in [0.25, 0.3) is 0 Å². The predicted octanol–water partition coefficient (Wildman–Crippen LogP) is 2.68. The smallest absolute Gasteiger partial charge is 0.129 e. The molecule has 2 aromatic rings. The maximum Gasteiger partial charge on any atom is 0.129 e. The van der Waals surface area contributed by atoms with Gasteiger partial charge in [0, 0.05) is 37.8 Å². The highest BCUT2D eigenvalue weighted by molar-refractivity contribution is 5.87. The second kappa shape index (κ2) is 5.76. The maximum atomic E-state index is 4.61. The third kappa shape index (κ3) is 2.82. The van der Waals surface area contributed by atoms with Crippen LogP contribution < -0.4 is 10.2 Å². The average Bonchev–Trinajstić information content (AvgIpc) is 2.39. The number of aromatic nitrogens is 1. The molecule has 0 bridgehead atoms. The highest BCUT2D eigenvalue weighted by atomic mass is 35.5. The lowest BCUT2D eigenvalue weighted by atomic mass is 10.0. The van der Waals surface area contributed by atoms with E-state index >= 15 is 0 Å². The lowest BCUT2D eigenvalue weighted by molar-refractivity contribution is 0.585. The molecule has 0 aliphatic carbocycles. The summed E-state index contributed by atoms with van der Waals surface area (Å²) in [6.45, 7) is 8.50. The molecule has 1 N–H and O–H groups in total. The van der Waals surface area contributed by atoms with Crippen molar-refractivity contribution >= 4 is 29.0 Å². The molecule has 1 aromatic carbocycles. The van der Waals surface area contributed by atoms with Crippen LogP contribution in [0.3, 0.4) is 0 Å². The fourth-order valence-corrected chi connectivity index (χ4v) is 2.68. The molecule has 1 saturated heterocycles. The topological polar surface area (TPSA) is 28.2 Å². The van der Waals surface area contributed by atoms with Gasteiger partial charge in [-0.1, -0.05) is 11.6 Å². The minimum atomic E-state index is 0. The van der Waals surface area contributed by atoms with Gasteiger partial charge in [0.1, 0.15) is 5.82 Å². The van der Waals surface area contributed by atoms with E-state index in [2.05, 4.69) is 47.2 Å². The second-order valence-electron chi connectivity index (χ2n) is 5.08. The van der Waals surface area contributed by atoms with Crippen LogP contribution in [-0.2, 0) is 0 Å². The molecule has 0 radical (unpaired) electrons. The number of halogens is 1. The van der Waals surface area contributed by atoms with Crippen LogP contribution >= 0.6 is 12.4 Å². The van der Waals surface area contributed by atoms with Crippen LogP contribution in [0.1, 0.15) is 11.1 Å². The Hall–Kier alpha value is -1.32. The molecule has 2 heterocycles. The van der Waals surface area contributed by atoms with Gasteiger partial charge in [0.2, 0.25) is 0 Å². The van der Waals surface area contributed by atoms with Crippen molar-refractivity contribution in [3.05, 3.63) is 35.5 Å². The third-order valence-corrected chi connectivity index (χ3v) is 3.61. The summed E-state index contributed by atoms with van der Waals surface area (Å²) in [6, 6.07) is 6.68. The molecule has 3 rings (SSSR count). The summed E-state index contributed by atoms with van der Waals surface area (Å²) in [5.41, 5.74) is 2.64. The fraction of sp³-hybridized carbons (Fsp3) is 0.400. The zero-order valence-corrected chi connectivity index (χ0v) is 12.3. The van der Waals surface area contributed by atoms with Crippen molar-refractivity contribution in [2.75, 3.05) is 31.1 Å². The van der Waals surface area contributed by atoms with Gasteiger partial charge in [0.15, 0.2) is 0 Å². The van der Waals surface area contributed by atoms with E-state index in [9.17, 15) is 0 Å². The highest BCUT2D eigenvalue weighted by Crippen LogP contribution is 2.24. The molecule has 1 fully saturated rings. The van der Waals surface area contributed by atoms with Crippen LogP contribution in [-0.4, -0.2) is 31.2 Å². The lowest BCUT2D eigenvalue weighted by Crippen LogP contribution is -2.43. The van der Waals surface area contributed by atoms with Crippen LogP contribution in [0.4, 0.5) is 5.82 Å². The Morgan fingerprint density at radius 1 is 1.11 bits per heavy atom. The van der Waals surface area contributed by atoms with Crippen molar-refractivity contribution in [2.24, 2.45) is 0 Å². The first kappa shape index (κ1) is 14.1. The van der Waals surface area contributed by atoms with E-state index in [1.54, 1.807) is 0 Å². The van der Waals surface area contributed by atoms with E-state index in [4.69, 9.17) is 0 Å². The van der Waals surface area contributed by atoms with E-state index in [0.29, 0.717) is 0 Å². The summed E-state index contributed by atoms with van der Waals surface area (Å²) in [5, 5.41) is 5.94. The minimum absolute atomic E-state index is 0. The van der Waals surface area contributed by atoms with Gasteiger partial charge in [-0.2, -0.15) is 0 Å². The van der Waals surface area contributed by atoms with Crippen LogP contribution in [0, 0.1) is 13.8 Å². The third-order valence-electron chi connectivity index (χ3n) is 3.61. The maximum absolute atomic E-state index is 4.61. The molecule has 0 spiro atoms. The largest absolute Gasteiger partial charge is 0.354 e. The molecule has 4 heteroatoms. The second-order valence-corrected chi connectivity index (χ2v) is 5.08. The van der Waals surface area contributed by atoms with Crippen LogP contribution in [0.2, 0.25) is 0 Å². The van der Waals surface area contributed by atoms with E-state index in [1.807, 2.05) is 6.20 Å². The quantitative estimate of drug-likeness (QED) is 0.869. The van der Waals surface area contributed by atoms with Gasteiger partial charge in [-0.3, -0.25) is 0 Å². The van der Waals surface area contributed by atoms with E-state index in [-0.39, 0.29) is 12.4 Å². The number of rotatable bonds is 1. The molecule has 19 heavy (non-hydrogen) atoms. The first-order valence-corrected chi connectivity index (χ1v) is 6.57. The van der Waals surface area contributed by atoms with Crippen molar-refractivity contribution in [2.45, 2.75) is 13.8 Å². The fourth-order valence-electron chi connectivity index (χ4n) is 2.68. The van der Waals surface area contributed by atoms with Gasteiger partial charge in [0.05, 0.1) is 0 Å². The number of hydrogen-bond acceptors (Lipinski definition) is 3. The van der Waals surface area contributed by atoms with Gasteiger partial charge < -0.3 is 10.2 Å². The zero-order chi connectivity index (χ0) is 12.5. The van der Waals surface area contributed by atoms with Gasteiger partial charge in [-0.05, 0) is 36.9 Å². The summed E-state index contributed by atoms with van der Waals surface area (Å²) in [4.78, 5) is 6.97. The van der Waals surface area contributed by atoms with Crippen LogP contribution in [0.15, 0.2) is 24.4 Å². The van der Waals surface area contributed by atoms with Gasteiger partial charge >= 0.3 is 0 Å². The average molecular weight is 278 g/mol. The lowest BCUT2D eigenvalue weighted by Gasteiger charge is -2.28. The summed E-state index contributed by atoms with van der Waals surface area (Å²) >= 11 is 0. The first-order chi connectivity index (χ1) is 8.74. The molecule has 3 nitrogen and oxygen atoms in total. The Morgan fingerprint density at radius 2 is 1.84 bits per heavy atom. The van der Waals surface area contributed by atoms with E-state index < -0.39 is 0 Å². The molecule has 1 aliphatic heterocycles.